The maximum atomic E-state index is 2.61. The van der Waals surface area contributed by atoms with Gasteiger partial charge >= 0.3 is 0 Å². The van der Waals surface area contributed by atoms with E-state index in [-0.39, 0.29) is 0 Å². The van der Waals surface area contributed by atoms with Crippen LogP contribution in [0.2, 0.25) is 0 Å². The summed E-state index contributed by atoms with van der Waals surface area (Å²) in [4.78, 5) is 0. The average molecular weight is 240 g/mol. The molecule has 4 unspecified atom stereocenters. The van der Waals surface area contributed by atoms with Gasteiger partial charge in [-0.2, -0.15) is 0 Å². The molecule has 6 aliphatic carbocycles. The molecule has 0 aromatic carbocycles. The molecule has 0 amide bonds. The molecular formula is C18H24. The van der Waals surface area contributed by atoms with Gasteiger partial charge in [0.15, 0.2) is 0 Å². The third-order valence-corrected chi connectivity index (χ3v) is 8.57. The van der Waals surface area contributed by atoms with Crippen LogP contribution in [0.3, 0.4) is 0 Å². The molecule has 11 atom stereocenters. The molecule has 0 nitrogen and oxygen atoms in total. The first kappa shape index (κ1) is 9.61. The summed E-state index contributed by atoms with van der Waals surface area (Å²) in [6, 6.07) is 0. The first-order chi connectivity index (χ1) is 8.83. The molecule has 0 aromatic heterocycles. The van der Waals surface area contributed by atoms with E-state index in [9.17, 15) is 0 Å². The Morgan fingerprint density at radius 2 is 1.39 bits per heavy atom. The van der Waals surface area contributed by atoms with E-state index < -0.39 is 0 Å². The number of fused-ring (bicyclic) bond motifs is 16. The van der Waals surface area contributed by atoms with Crippen molar-refractivity contribution >= 4 is 0 Å². The molecule has 6 aliphatic rings. The minimum Gasteiger partial charge on any atom is -0.0848 e. The average Bonchev–Trinajstić information content (AvgIpc) is 3.14. The summed E-state index contributed by atoms with van der Waals surface area (Å²) in [6.07, 6.45) is 11.6. The van der Waals surface area contributed by atoms with Gasteiger partial charge in [-0.3, -0.25) is 0 Å². The summed E-state index contributed by atoms with van der Waals surface area (Å²) in [7, 11) is 0. The monoisotopic (exact) mass is 240 g/mol. The zero-order valence-electron chi connectivity index (χ0n) is 11.3. The molecule has 0 saturated heterocycles. The molecule has 5 fully saturated rings. The Labute approximate surface area is 110 Å². The maximum absolute atomic E-state index is 2.61. The lowest BCUT2D eigenvalue weighted by Gasteiger charge is -2.45. The summed E-state index contributed by atoms with van der Waals surface area (Å²) < 4.78 is 0. The molecule has 0 aromatic rings. The van der Waals surface area contributed by atoms with Crippen molar-refractivity contribution in [3.8, 4) is 0 Å². The van der Waals surface area contributed by atoms with Crippen LogP contribution in [0.4, 0.5) is 0 Å². The summed E-state index contributed by atoms with van der Waals surface area (Å²) in [5, 5.41) is 0. The number of hydrogen-bond acceptors (Lipinski definition) is 0. The van der Waals surface area contributed by atoms with Crippen molar-refractivity contribution in [2.75, 3.05) is 0 Å². The van der Waals surface area contributed by atoms with Gasteiger partial charge in [-0.25, -0.2) is 0 Å². The van der Waals surface area contributed by atoms with Crippen molar-refractivity contribution in [2.45, 2.75) is 32.6 Å². The standard InChI is InChI=1S/C18H24/c1-8-4-11-6-12(8)18-14-7-13(17(11)18)15-9-2-3-10(5-9)16(14)15/h2-3,8-18H,4-7H2,1H3/t8-,9+,10-,11-,12+,13+,14-,15?,16?,17?,18?/m0/s1. The van der Waals surface area contributed by atoms with Gasteiger partial charge < -0.3 is 0 Å². The smallest absolute Gasteiger partial charge is 0.0194 e. The lowest BCUT2D eigenvalue weighted by molar-refractivity contribution is 0.0330. The minimum absolute atomic E-state index is 1.02. The Morgan fingerprint density at radius 1 is 0.667 bits per heavy atom. The van der Waals surface area contributed by atoms with E-state index >= 15 is 0 Å². The van der Waals surface area contributed by atoms with E-state index in [1.54, 1.807) is 25.7 Å². The predicted molar refractivity (Wildman–Crippen MR) is 71.7 cm³/mol. The Kier molecular flexibility index (Phi) is 1.48. The highest BCUT2D eigenvalue weighted by atomic mass is 14.7. The van der Waals surface area contributed by atoms with Crippen molar-refractivity contribution in [2.24, 2.45) is 65.1 Å². The number of allylic oxidation sites excluding steroid dienone is 2. The molecule has 0 heteroatoms. The molecule has 0 aliphatic heterocycles. The molecule has 18 heavy (non-hydrogen) atoms. The predicted octanol–water partition coefficient (Wildman–Crippen LogP) is 3.98. The van der Waals surface area contributed by atoms with E-state index in [1.165, 1.54) is 23.7 Å². The summed E-state index contributed by atoms with van der Waals surface area (Å²) in [6.45, 7) is 2.56. The lowest BCUT2D eigenvalue weighted by atomic mass is 9.59. The number of rotatable bonds is 0. The zero-order chi connectivity index (χ0) is 11.6. The quantitative estimate of drug-likeness (QED) is 0.444. The van der Waals surface area contributed by atoms with Gasteiger partial charge in [-0.1, -0.05) is 19.1 Å². The Bertz CT molecular complexity index is 449. The molecule has 6 bridgehead atoms. The third-order valence-electron chi connectivity index (χ3n) is 8.57. The fraction of sp³-hybridized carbons (Fsp3) is 0.889. The second-order valence-corrected chi connectivity index (χ2v) is 8.69. The van der Waals surface area contributed by atoms with Gasteiger partial charge in [0.25, 0.3) is 0 Å². The van der Waals surface area contributed by atoms with E-state index in [0.717, 1.165) is 41.4 Å². The van der Waals surface area contributed by atoms with Crippen LogP contribution in [-0.4, -0.2) is 0 Å². The molecule has 0 heterocycles. The molecule has 0 radical (unpaired) electrons. The van der Waals surface area contributed by atoms with Gasteiger partial charge in [0.2, 0.25) is 0 Å². The Balaban J connectivity index is 1.46. The van der Waals surface area contributed by atoms with Crippen molar-refractivity contribution in [1.82, 2.24) is 0 Å². The van der Waals surface area contributed by atoms with Gasteiger partial charge in [0.05, 0.1) is 0 Å². The SMILES string of the molecule is C[C@H]1C[C@H]2C[C@H]1C1C2[C@@H]2C[C@H]1C1C2[C@@H]2C=C[C@H]1C2. The highest BCUT2D eigenvalue weighted by molar-refractivity contribution is 5.24. The zero-order valence-corrected chi connectivity index (χ0v) is 11.3. The van der Waals surface area contributed by atoms with Crippen LogP contribution >= 0.6 is 0 Å². The van der Waals surface area contributed by atoms with Gasteiger partial charge in [-0.05, 0) is 90.8 Å². The van der Waals surface area contributed by atoms with Crippen LogP contribution in [0.1, 0.15) is 32.6 Å². The fourth-order valence-electron chi connectivity index (χ4n) is 8.58. The lowest BCUT2D eigenvalue weighted by Crippen LogP contribution is -2.41. The van der Waals surface area contributed by atoms with Gasteiger partial charge in [0.1, 0.15) is 0 Å². The van der Waals surface area contributed by atoms with Crippen LogP contribution in [0.25, 0.3) is 0 Å². The highest BCUT2D eigenvalue weighted by Crippen LogP contribution is 2.76. The maximum Gasteiger partial charge on any atom is -0.0194 e. The molecule has 5 saturated carbocycles. The largest absolute Gasteiger partial charge is 0.0848 e. The fourth-order valence-corrected chi connectivity index (χ4v) is 8.58. The number of hydrogen-bond donors (Lipinski definition) is 0. The van der Waals surface area contributed by atoms with Crippen LogP contribution < -0.4 is 0 Å². The van der Waals surface area contributed by atoms with E-state index in [0.29, 0.717) is 0 Å². The Hall–Kier alpha value is -0.260. The normalized spacial score (nSPS) is 73.3. The van der Waals surface area contributed by atoms with Crippen LogP contribution in [0.15, 0.2) is 12.2 Å². The molecule has 96 valence electrons. The second kappa shape index (κ2) is 2.76. The molecular weight excluding hydrogens is 216 g/mol. The van der Waals surface area contributed by atoms with Crippen molar-refractivity contribution in [3.05, 3.63) is 12.2 Å². The van der Waals surface area contributed by atoms with E-state index in [4.69, 9.17) is 0 Å². The topological polar surface area (TPSA) is 0 Å². The highest BCUT2D eigenvalue weighted by Gasteiger charge is 2.70. The molecule has 0 N–H and O–H groups in total. The van der Waals surface area contributed by atoms with E-state index in [1.807, 2.05) is 0 Å². The van der Waals surface area contributed by atoms with Crippen molar-refractivity contribution < 1.29 is 0 Å². The van der Waals surface area contributed by atoms with Crippen LogP contribution in [0, 0.1) is 65.1 Å². The van der Waals surface area contributed by atoms with Crippen LogP contribution in [-0.2, 0) is 0 Å². The first-order valence-corrected chi connectivity index (χ1v) is 8.51. The second-order valence-electron chi connectivity index (χ2n) is 8.69. The van der Waals surface area contributed by atoms with Crippen molar-refractivity contribution in [1.29, 1.82) is 0 Å². The summed E-state index contributed by atoms with van der Waals surface area (Å²) in [5.41, 5.74) is 0. The van der Waals surface area contributed by atoms with Crippen LogP contribution in [0.5, 0.6) is 0 Å². The summed E-state index contributed by atoms with van der Waals surface area (Å²) >= 11 is 0. The Morgan fingerprint density at radius 3 is 2.17 bits per heavy atom. The van der Waals surface area contributed by atoms with Gasteiger partial charge in [0, 0.05) is 0 Å². The molecule has 6 rings (SSSR count). The minimum atomic E-state index is 1.02. The summed E-state index contributed by atoms with van der Waals surface area (Å²) in [5.74, 6) is 12.5. The van der Waals surface area contributed by atoms with Crippen molar-refractivity contribution in [3.63, 3.8) is 0 Å². The van der Waals surface area contributed by atoms with E-state index in [2.05, 4.69) is 19.1 Å². The molecule has 0 spiro atoms. The third kappa shape index (κ3) is 0.816. The first-order valence-electron chi connectivity index (χ1n) is 8.51. The van der Waals surface area contributed by atoms with Gasteiger partial charge in [-0.15, -0.1) is 0 Å².